The first-order valence-corrected chi connectivity index (χ1v) is 13.3. The van der Waals surface area contributed by atoms with Gasteiger partial charge in [-0.3, -0.25) is 4.79 Å². The van der Waals surface area contributed by atoms with Crippen LogP contribution in [0.25, 0.3) is 11.1 Å². The average molecular weight is 540 g/mol. The zero-order chi connectivity index (χ0) is 27.1. The Hall–Kier alpha value is -2.97. The smallest absolute Gasteiger partial charge is 0.249 e. The summed E-state index contributed by atoms with van der Waals surface area (Å²) in [5, 5.41) is 4.03. The molecule has 1 atom stereocenters. The molecule has 4 rings (SSSR count). The first-order valence-electron chi connectivity index (χ1n) is 13.0. The van der Waals surface area contributed by atoms with Crippen molar-refractivity contribution in [2.24, 2.45) is 11.5 Å². The first-order chi connectivity index (χ1) is 18.4. The summed E-state index contributed by atoms with van der Waals surface area (Å²) in [6.45, 7) is 1.14. The molecule has 1 amide bonds. The Morgan fingerprint density at radius 1 is 1.05 bits per heavy atom. The van der Waals surface area contributed by atoms with Crippen molar-refractivity contribution in [2.45, 2.75) is 43.7 Å². The molecule has 3 aromatic rings. The van der Waals surface area contributed by atoms with E-state index in [9.17, 15) is 4.79 Å². The molecular formula is C30H35ClFN3O3. The maximum Gasteiger partial charge on any atom is 0.249 e. The van der Waals surface area contributed by atoms with E-state index < -0.39 is 11.7 Å². The summed E-state index contributed by atoms with van der Waals surface area (Å²) >= 11 is 6.61. The van der Waals surface area contributed by atoms with Crippen LogP contribution in [-0.2, 0) is 4.74 Å². The molecule has 8 heteroatoms. The van der Waals surface area contributed by atoms with E-state index in [1.807, 2.05) is 30.3 Å². The van der Waals surface area contributed by atoms with Crippen LogP contribution >= 0.6 is 11.6 Å². The van der Waals surface area contributed by atoms with Crippen LogP contribution < -0.4 is 21.5 Å². The number of halogens is 2. The summed E-state index contributed by atoms with van der Waals surface area (Å²) in [4.78, 5) is 12.3. The summed E-state index contributed by atoms with van der Waals surface area (Å²) in [5.74, 6) is -1.46. The van der Waals surface area contributed by atoms with Gasteiger partial charge in [-0.2, -0.15) is 0 Å². The lowest BCUT2D eigenvalue weighted by molar-refractivity contribution is 0.1000. The number of amides is 1. The second-order valence-corrected chi connectivity index (χ2v) is 10.1. The number of nitrogens with two attached hydrogens (primary N) is 2. The van der Waals surface area contributed by atoms with E-state index in [1.165, 1.54) is 19.2 Å². The molecule has 6 nitrogen and oxygen atoms in total. The van der Waals surface area contributed by atoms with Gasteiger partial charge in [0.2, 0.25) is 5.91 Å². The minimum atomic E-state index is -0.749. The molecule has 3 aromatic carbocycles. The maximum atomic E-state index is 15.8. The van der Waals surface area contributed by atoms with Crippen LogP contribution in [0.5, 0.6) is 5.75 Å². The largest absolute Gasteiger partial charge is 0.488 e. The van der Waals surface area contributed by atoms with Crippen LogP contribution in [0.3, 0.4) is 0 Å². The molecule has 38 heavy (non-hydrogen) atoms. The Labute approximate surface area is 228 Å². The van der Waals surface area contributed by atoms with Crippen molar-refractivity contribution in [2.75, 3.05) is 26.9 Å². The highest BCUT2D eigenvalue weighted by Gasteiger charge is 2.25. The highest BCUT2D eigenvalue weighted by molar-refractivity contribution is 6.33. The van der Waals surface area contributed by atoms with Gasteiger partial charge in [0.1, 0.15) is 6.61 Å². The molecule has 0 aromatic heterocycles. The standard InChI is InChI=1S/C30H35ClFN3O3/c1-37-15-16-38-27-14-12-23(30(34)36)28(29(27)32)24-17-20(7-13-26(24)31)25(19-5-3-2-4-6-19)18-35-22-10-8-21(33)9-11-22/h2-7,12-14,17,21-22,25,35H,8-11,15-16,18,33H2,1H3,(H2,34,36). The van der Waals surface area contributed by atoms with Crippen LogP contribution in [0.4, 0.5) is 4.39 Å². The van der Waals surface area contributed by atoms with Crippen LogP contribution in [0.2, 0.25) is 5.02 Å². The van der Waals surface area contributed by atoms with Crippen LogP contribution in [0.1, 0.15) is 53.1 Å². The van der Waals surface area contributed by atoms with E-state index >= 15 is 4.39 Å². The Balaban J connectivity index is 1.73. The lowest BCUT2D eigenvalue weighted by Gasteiger charge is -2.29. The summed E-state index contributed by atoms with van der Waals surface area (Å²) < 4.78 is 26.4. The fourth-order valence-electron chi connectivity index (χ4n) is 5.04. The van der Waals surface area contributed by atoms with Crippen LogP contribution in [-0.4, -0.2) is 44.9 Å². The van der Waals surface area contributed by atoms with Gasteiger partial charge in [0, 0.05) is 47.8 Å². The fourth-order valence-corrected chi connectivity index (χ4v) is 5.26. The van der Waals surface area contributed by atoms with Gasteiger partial charge < -0.3 is 26.3 Å². The number of benzene rings is 3. The topological polar surface area (TPSA) is 99.6 Å². The molecule has 0 bridgehead atoms. The van der Waals surface area contributed by atoms with Gasteiger partial charge in [-0.15, -0.1) is 0 Å². The highest BCUT2D eigenvalue weighted by Crippen LogP contribution is 2.39. The molecule has 0 radical (unpaired) electrons. The van der Waals surface area contributed by atoms with E-state index in [4.69, 9.17) is 32.5 Å². The first kappa shape index (κ1) is 28.0. The van der Waals surface area contributed by atoms with Gasteiger partial charge in [-0.1, -0.05) is 48.0 Å². The second-order valence-electron chi connectivity index (χ2n) is 9.73. The van der Waals surface area contributed by atoms with E-state index in [0.717, 1.165) is 36.8 Å². The normalized spacial score (nSPS) is 18.2. The minimum absolute atomic E-state index is 0.000280. The van der Waals surface area contributed by atoms with E-state index in [1.54, 1.807) is 6.07 Å². The van der Waals surface area contributed by atoms with Crippen molar-refractivity contribution in [3.63, 3.8) is 0 Å². The number of carbonyl (C=O) groups is 1. The van der Waals surface area contributed by atoms with Crippen molar-refractivity contribution in [1.29, 1.82) is 0 Å². The number of hydrogen-bond donors (Lipinski definition) is 3. The Morgan fingerprint density at radius 3 is 2.47 bits per heavy atom. The third-order valence-electron chi connectivity index (χ3n) is 7.16. The van der Waals surface area contributed by atoms with Gasteiger partial charge in [0.05, 0.1) is 12.2 Å². The molecule has 1 saturated carbocycles. The van der Waals surface area contributed by atoms with E-state index in [-0.39, 0.29) is 35.4 Å². The Bertz CT molecular complexity index is 1230. The number of rotatable bonds is 11. The molecule has 5 N–H and O–H groups in total. The Morgan fingerprint density at radius 2 is 1.79 bits per heavy atom. The van der Waals surface area contributed by atoms with Crippen LogP contribution in [0.15, 0.2) is 60.7 Å². The summed E-state index contributed by atoms with van der Waals surface area (Å²) in [6.07, 6.45) is 4.10. The molecule has 1 fully saturated rings. The maximum absolute atomic E-state index is 15.8. The lowest BCUT2D eigenvalue weighted by atomic mass is 9.87. The highest BCUT2D eigenvalue weighted by atomic mass is 35.5. The molecule has 0 aliphatic heterocycles. The molecule has 202 valence electrons. The number of methoxy groups -OCH3 is 1. The number of carbonyl (C=O) groups excluding carboxylic acids is 1. The van der Waals surface area contributed by atoms with Gasteiger partial charge in [0.15, 0.2) is 11.6 Å². The predicted molar refractivity (Wildman–Crippen MR) is 149 cm³/mol. The van der Waals surface area contributed by atoms with Crippen molar-refractivity contribution in [3.05, 3.63) is 88.2 Å². The van der Waals surface area contributed by atoms with Gasteiger partial charge in [-0.05, 0) is 61.1 Å². The SMILES string of the molecule is COCCOc1ccc(C(N)=O)c(-c2cc(C(CNC3CCC(N)CC3)c3ccccc3)ccc2Cl)c1F. The molecule has 1 unspecified atom stereocenters. The zero-order valence-corrected chi connectivity index (χ0v) is 22.3. The fraction of sp³-hybridized carbons (Fsp3) is 0.367. The Kier molecular flexibility index (Phi) is 9.74. The minimum Gasteiger partial charge on any atom is -0.488 e. The molecule has 0 spiro atoms. The van der Waals surface area contributed by atoms with E-state index in [0.29, 0.717) is 29.8 Å². The number of ether oxygens (including phenoxy) is 2. The lowest BCUT2D eigenvalue weighted by Crippen LogP contribution is -2.39. The molecule has 0 saturated heterocycles. The van der Waals surface area contributed by atoms with Crippen molar-refractivity contribution in [3.8, 4) is 16.9 Å². The summed E-state index contributed by atoms with van der Waals surface area (Å²) in [5.41, 5.74) is 14.2. The zero-order valence-electron chi connectivity index (χ0n) is 21.6. The van der Waals surface area contributed by atoms with Crippen molar-refractivity contribution in [1.82, 2.24) is 5.32 Å². The monoisotopic (exact) mass is 539 g/mol. The molecule has 1 aliphatic carbocycles. The molecular weight excluding hydrogens is 505 g/mol. The third-order valence-corrected chi connectivity index (χ3v) is 7.49. The van der Waals surface area contributed by atoms with Gasteiger partial charge in [0.25, 0.3) is 0 Å². The third kappa shape index (κ3) is 6.72. The quantitative estimate of drug-likeness (QED) is 0.289. The van der Waals surface area contributed by atoms with Crippen molar-refractivity contribution >= 4 is 17.5 Å². The van der Waals surface area contributed by atoms with Gasteiger partial charge in [-0.25, -0.2) is 4.39 Å². The molecule has 1 aliphatic rings. The van der Waals surface area contributed by atoms with E-state index in [2.05, 4.69) is 17.4 Å². The number of nitrogens with one attached hydrogen (secondary N) is 1. The molecule has 0 heterocycles. The number of primary amides is 1. The van der Waals surface area contributed by atoms with Crippen LogP contribution in [0, 0.1) is 5.82 Å². The van der Waals surface area contributed by atoms with Gasteiger partial charge >= 0.3 is 0 Å². The van der Waals surface area contributed by atoms with Crippen molar-refractivity contribution < 1.29 is 18.7 Å². The average Bonchev–Trinajstić information content (AvgIpc) is 2.92. The predicted octanol–water partition coefficient (Wildman–Crippen LogP) is 5.26. The number of hydrogen-bond acceptors (Lipinski definition) is 5. The summed E-state index contributed by atoms with van der Waals surface area (Å²) in [6, 6.07) is 19.2. The summed E-state index contributed by atoms with van der Waals surface area (Å²) in [7, 11) is 1.54. The second kappa shape index (κ2) is 13.2.